The van der Waals surface area contributed by atoms with E-state index in [1.165, 1.54) is 89.4 Å². The van der Waals surface area contributed by atoms with Gasteiger partial charge >= 0.3 is 0 Å². The zero-order chi connectivity index (χ0) is 25.8. The molecular formula is C37H31P. The number of hydrogen-bond acceptors (Lipinski definition) is 0. The Kier molecular flexibility index (Phi) is 5.68. The SMILES string of the molecule is C=Cc1ccc2c(P(CCCC)c3ccc4ccc5cccc6c5c4c3C=CC6)ccc3ccc(=C)c1c32. The van der Waals surface area contributed by atoms with Gasteiger partial charge in [-0.3, -0.25) is 0 Å². The van der Waals surface area contributed by atoms with Crippen LogP contribution in [0, 0.1) is 0 Å². The predicted molar refractivity (Wildman–Crippen MR) is 172 cm³/mol. The third kappa shape index (κ3) is 3.48. The standard InChI is InChI=1S/C37H31P/c1-4-6-23-38(33-22-18-28-14-13-24(3)34-25(5-2)17-20-31(33)36(28)34)32-21-19-29-16-15-27-10-7-9-26-11-8-12-30(32)37(29)35(26)27/h5,7-10,12-22H,2-4,6,11,23H2,1H3. The number of hydrogen-bond donors (Lipinski definition) is 0. The van der Waals surface area contributed by atoms with E-state index in [0.717, 1.165) is 11.6 Å². The highest BCUT2D eigenvalue weighted by Gasteiger charge is 2.23. The molecule has 6 aromatic rings. The average Bonchev–Trinajstić information content (AvgIpc) is 3.15. The van der Waals surface area contributed by atoms with Crippen LogP contribution in [-0.4, -0.2) is 6.16 Å². The van der Waals surface area contributed by atoms with Crippen LogP contribution in [0.4, 0.5) is 0 Å². The summed E-state index contributed by atoms with van der Waals surface area (Å²) in [5, 5.41) is 14.9. The van der Waals surface area contributed by atoms with E-state index in [0.29, 0.717) is 0 Å². The molecule has 0 nitrogen and oxygen atoms in total. The van der Waals surface area contributed by atoms with Gasteiger partial charge in [-0.25, -0.2) is 0 Å². The fourth-order valence-electron chi connectivity index (χ4n) is 6.49. The summed E-state index contributed by atoms with van der Waals surface area (Å²) in [6, 6.07) is 29.9. The predicted octanol–water partition coefficient (Wildman–Crippen LogP) is 8.87. The Hall–Kier alpha value is -3.73. The number of benzene rings is 6. The Morgan fingerprint density at radius 1 is 0.763 bits per heavy atom. The normalized spacial score (nSPS) is 13.6. The third-order valence-electron chi connectivity index (χ3n) is 8.30. The second-order valence-electron chi connectivity index (χ2n) is 10.5. The molecule has 0 aromatic heterocycles. The van der Waals surface area contributed by atoms with Gasteiger partial charge in [0.15, 0.2) is 0 Å². The summed E-state index contributed by atoms with van der Waals surface area (Å²) in [5.41, 5.74) is 4.03. The summed E-state index contributed by atoms with van der Waals surface area (Å²) >= 11 is 0. The molecule has 0 heterocycles. The third-order valence-corrected chi connectivity index (χ3v) is 11.0. The van der Waals surface area contributed by atoms with Crippen LogP contribution in [0.25, 0.3) is 61.8 Å². The lowest BCUT2D eigenvalue weighted by Crippen LogP contribution is -2.18. The van der Waals surface area contributed by atoms with E-state index in [-0.39, 0.29) is 0 Å². The Balaban J connectivity index is 1.56. The van der Waals surface area contributed by atoms with Gasteiger partial charge in [0, 0.05) is 0 Å². The summed E-state index contributed by atoms with van der Waals surface area (Å²) in [6.07, 6.45) is 11.4. The van der Waals surface area contributed by atoms with E-state index >= 15 is 0 Å². The zero-order valence-electron chi connectivity index (χ0n) is 21.9. The van der Waals surface area contributed by atoms with Crippen molar-refractivity contribution < 1.29 is 0 Å². The summed E-state index contributed by atoms with van der Waals surface area (Å²) in [5.74, 6) is 0. The molecule has 0 aliphatic heterocycles. The summed E-state index contributed by atoms with van der Waals surface area (Å²) in [7, 11) is -0.559. The van der Waals surface area contributed by atoms with Gasteiger partial charge in [-0.1, -0.05) is 124 Å². The van der Waals surface area contributed by atoms with E-state index < -0.39 is 7.92 Å². The van der Waals surface area contributed by atoms with Crippen molar-refractivity contribution in [3.8, 4) is 0 Å². The summed E-state index contributed by atoms with van der Waals surface area (Å²) in [4.78, 5) is 0. The molecule has 1 atom stereocenters. The first-order valence-corrected chi connectivity index (χ1v) is 15.2. The molecule has 7 rings (SSSR count). The lowest BCUT2D eigenvalue weighted by Gasteiger charge is -2.25. The Bertz CT molecular complexity index is 1970. The second kappa shape index (κ2) is 9.23. The minimum atomic E-state index is -0.559. The van der Waals surface area contributed by atoms with Crippen molar-refractivity contribution in [3.05, 3.63) is 113 Å². The molecule has 38 heavy (non-hydrogen) atoms. The molecule has 0 amide bonds. The van der Waals surface area contributed by atoms with Gasteiger partial charge in [0.05, 0.1) is 0 Å². The molecule has 1 aliphatic carbocycles. The number of allylic oxidation sites excluding steroid dienone is 1. The lowest BCUT2D eigenvalue weighted by atomic mass is 9.95. The monoisotopic (exact) mass is 506 g/mol. The maximum Gasteiger partial charge on any atom is -0.00205 e. The smallest absolute Gasteiger partial charge is 0.00205 e. The Morgan fingerprint density at radius 3 is 2.32 bits per heavy atom. The van der Waals surface area contributed by atoms with Gasteiger partial charge in [0.1, 0.15) is 0 Å². The number of rotatable bonds is 6. The molecule has 0 saturated heterocycles. The largest absolute Gasteiger partial charge is 0.0984 e. The van der Waals surface area contributed by atoms with Gasteiger partial charge in [0.25, 0.3) is 0 Å². The van der Waals surface area contributed by atoms with Crippen molar-refractivity contribution in [1.29, 1.82) is 0 Å². The lowest BCUT2D eigenvalue weighted by molar-refractivity contribution is 0.894. The van der Waals surface area contributed by atoms with E-state index in [1.54, 1.807) is 0 Å². The molecule has 184 valence electrons. The highest BCUT2D eigenvalue weighted by molar-refractivity contribution is 7.73. The first kappa shape index (κ1) is 23.4. The van der Waals surface area contributed by atoms with Crippen LogP contribution in [0.1, 0.15) is 36.5 Å². The summed E-state index contributed by atoms with van der Waals surface area (Å²) in [6.45, 7) is 10.8. The van der Waals surface area contributed by atoms with Gasteiger partial charge in [0.2, 0.25) is 0 Å². The average molecular weight is 507 g/mol. The molecule has 1 aliphatic rings. The van der Waals surface area contributed by atoms with E-state index in [1.807, 2.05) is 6.08 Å². The van der Waals surface area contributed by atoms with Gasteiger partial charge in [-0.2, -0.15) is 0 Å². The van der Waals surface area contributed by atoms with Gasteiger partial charge < -0.3 is 0 Å². The molecular weight excluding hydrogens is 475 g/mol. The fourth-order valence-corrected chi connectivity index (χ4v) is 9.33. The molecule has 0 spiro atoms. The maximum atomic E-state index is 4.40. The van der Waals surface area contributed by atoms with E-state index in [9.17, 15) is 0 Å². The zero-order valence-corrected chi connectivity index (χ0v) is 22.8. The van der Waals surface area contributed by atoms with Crippen LogP contribution in [0.2, 0.25) is 0 Å². The molecule has 0 fully saturated rings. The second-order valence-corrected chi connectivity index (χ2v) is 12.7. The minimum Gasteiger partial charge on any atom is -0.0984 e. The van der Waals surface area contributed by atoms with E-state index in [4.69, 9.17) is 0 Å². The molecule has 0 N–H and O–H groups in total. The van der Waals surface area contributed by atoms with Crippen LogP contribution in [-0.2, 0) is 6.42 Å². The molecule has 6 aromatic carbocycles. The van der Waals surface area contributed by atoms with Crippen LogP contribution in [0.3, 0.4) is 0 Å². The molecule has 1 unspecified atom stereocenters. The van der Waals surface area contributed by atoms with Crippen molar-refractivity contribution in [2.24, 2.45) is 0 Å². The number of unbranched alkanes of at least 4 members (excludes halogenated alkanes) is 1. The minimum absolute atomic E-state index is 0.559. The highest BCUT2D eigenvalue weighted by Crippen LogP contribution is 2.44. The fraction of sp³-hybridized carbons (Fsp3) is 0.135. The Labute approximate surface area is 225 Å². The van der Waals surface area contributed by atoms with Crippen molar-refractivity contribution in [2.75, 3.05) is 6.16 Å². The van der Waals surface area contributed by atoms with Crippen molar-refractivity contribution in [2.45, 2.75) is 26.2 Å². The van der Waals surface area contributed by atoms with Crippen molar-refractivity contribution in [3.63, 3.8) is 0 Å². The van der Waals surface area contributed by atoms with Gasteiger partial charge in [-0.15, -0.1) is 0 Å². The molecule has 0 bridgehead atoms. The van der Waals surface area contributed by atoms with Crippen LogP contribution >= 0.6 is 7.92 Å². The molecule has 1 heteroatoms. The first-order valence-electron chi connectivity index (χ1n) is 13.7. The Morgan fingerprint density at radius 2 is 1.50 bits per heavy atom. The van der Waals surface area contributed by atoms with Crippen molar-refractivity contribution in [1.82, 2.24) is 0 Å². The maximum absolute atomic E-state index is 4.40. The van der Waals surface area contributed by atoms with Crippen LogP contribution in [0.5, 0.6) is 0 Å². The van der Waals surface area contributed by atoms with Crippen LogP contribution in [0.15, 0.2) is 91.5 Å². The van der Waals surface area contributed by atoms with Crippen LogP contribution < -0.4 is 15.8 Å². The molecule has 0 radical (unpaired) electrons. The van der Waals surface area contributed by atoms with Gasteiger partial charge in [-0.05, 0) is 103 Å². The van der Waals surface area contributed by atoms with E-state index in [2.05, 4.69) is 111 Å². The highest BCUT2D eigenvalue weighted by atomic mass is 31.1. The first-order chi connectivity index (χ1) is 18.7. The van der Waals surface area contributed by atoms with Crippen molar-refractivity contribution >= 4 is 80.4 Å². The summed E-state index contributed by atoms with van der Waals surface area (Å²) < 4.78 is 0. The quantitative estimate of drug-likeness (QED) is 0.156. The topological polar surface area (TPSA) is 0 Å². The molecule has 0 saturated carbocycles.